The zero-order chi connectivity index (χ0) is 68.1. The first-order valence-electron chi connectivity index (χ1n) is 35.9. The van der Waals surface area contributed by atoms with Gasteiger partial charge >= 0.3 is 0 Å². The molecular weight excluding hydrogens is 1240 g/mol. The number of nitrogens with zero attached hydrogens (tertiary/aromatic N) is 3. The van der Waals surface area contributed by atoms with Gasteiger partial charge in [-0.1, -0.05) is 272 Å². The Morgan fingerprint density at radius 1 is 0.175 bits per heavy atom. The molecule has 103 heavy (non-hydrogen) atoms. The van der Waals surface area contributed by atoms with Crippen LogP contribution in [0.3, 0.4) is 0 Å². The van der Waals surface area contributed by atoms with Crippen molar-refractivity contribution in [1.82, 2.24) is 0 Å². The Balaban J connectivity index is 0.704. The Kier molecular flexibility index (Phi) is 13.0. The van der Waals surface area contributed by atoms with Crippen molar-refractivity contribution in [2.24, 2.45) is 0 Å². The number of aryl methyl sites for hydroxylation is 2. The lowest BCUT2D eigenvalue weighted by atomic mass is 9.70. The maximum absolute atomic E-state index is 2.52. The summed E-state index contributed by atoms with van der Waals surface area (Å²) in [7, 11) is 0. The van der Waals surface area contributed by atoms with Crippen molar-refractivity contribution in [3.05, 3.63) is 426 Å². The Bertz CT molecular complexity index is 6380. The molecule has 0 aromatic heterocycles. The number of fused-ring (bicyclic) bond motifs is 23. The van der Waals surface area contributed by atoms with Crippen molar-refractivity contribution in [3.8, 4) is 55.6 Å². The van der Waals surface area contributed by atoms with Gasteiger partial charge in [0.2, 0.25) is 0 Å². The summed E-state index contributed by atoms with van der Waals surface area (Å²) in [4.78, 5) is 7.39. The Labute approximate surface area is 600 Å². The van der Waals surface area contributed by atoms with Crippen molar-refractivity contribution in [3.63, 3.8) is 0 Å². The first kappa shape index (κ1) is 58.8. The van der Waals surface area contributed by atoms with E-state index in [2.05, 4.69) is 399 Å². The predicted molar refractivity (Wildman–Crippen MR) is 431 cm³/mol. The molecule has 0 saturated carbocycles. The Morgan fingerprint density at radius 3 is 1.05 bits per heavy atom. The highest BCUT2D eigenvalue weighted by Gasteiger charge is 2.54. The molecule has 17 aromatic rings. The van der Waals surface area contributed by atoms with Gasteiger partial charge in [-0.25, -0.2) is 0 Å². The topological polar surface area (TPSA) is 9.72 Å². The summed E-state index contributed by atoms with van der Waals surface area (Å²) in [5.41, 5.74) is 34.3. The van der Waals surface area contributed by atoms with Crippen LogP contribution >= 0.6 is 0 Å². The van der Waals surface area contributed by atoms with Crippen LogP contribution in [0, 0.1) is 13.8 Å². The van der Waals surface area contributed by atoms with E-state index < -0.39 is 10.8 Å². The van der Waals surface area contributed by atoms with Crippen LogP contribution in [0.4, 0.5) is 51.2 Å². The monoisotopic (exact) mass is 1310 g/mol. The van der Waals surface area contributed by atoms with E-state index >= 15 is 0 Å². The second-order valence-corrected chi connectivity index (χ2v) is 28.4. The summed E-state index contributed by atoms with van der Waals surface area (Å²) in [5.74, 6) is 0. The SMILES string of the molecule is Cc1ccc2c(c1)-c1ccccc1C21c2ccccc2-c2ccc(N(c3cccc(-c4cccc5cc(N(c6ccccc6)c6ccc7c(c6)C6(c8ccccc8-c8ccc(C)cc86)c6cc(N(c8ccccc8)c8ccc9ccccc9c8)ccc6-7)ccc45)c3)c3ccc4ccccc4c3)cc21. The minimum Gasteiger partial charge on any atom is -0.310 e. The minimum atomic E-state index is -0.637. The van der Waals surface area contributed by atoms with Gasteiger partial charge in [0, 0.05) is 51.2 Å². The molecule has 0 N–H and O–H groups in total. The Morgan fingerprint density at radius 2 is 0.505 bits per heavy atom. The molecule has 2 unspecified atom stereocenters. The van der Waals surface area contributed by atoms with E-state index in [-0.39, 0.29) is 0 Å². The molecule has 2 atom stereocenters. The van der Waals surface area contributed by atoms with Crippen molar-refractivity contribution in [2.45, 2.75) is 24.7 Å². The fourth-order valence-electron chi connectivity index (χ4n) is 18.5. The molecule has 0 amide bonds. The molecule has 2 spiro atoms. The van der Waals surface area contributed by atoms with Crippen molar-refractivity contribution in [2.75, 3.05) is 14.7 Å². The maximum atomic E-state index is 2.52. The third-order valence-corrected chi connectivity index (χ3v) is 22.9. The minimum absolute atomic E-state index is 0.491. The van der Waals surface area contributed by atoms with Crippen molar-refractivity contribution in [1.29, 1.82) is 0 Å². The second-order valence-electron chi connectivity index (χ2n) is 28.4. The molecule has 3 nitrogen and oxygen atoms in total. The first-order valence-corrected chi connectivity index (χ1v) is 35.9. The van der Waals surface area contributed by atoms with Gasteiger partial charge in [-0.2, -0.15) is 0 Å². The van der Waals surface area contributed by atoms with Gasteiger partial charge in [-0.15, -0.1) is 0 Å². The van der Waals surface area contributed by atoms with Gasteiger partial charge in [-0.05, 0) is 256 Å². The molecule has 0 bridgehead atoms. The number of rotatable bonds is 10. The van der Waals surface area contributed by atoms with E-state index in [1.165, 1.54) is 133 Å². The summed E-state index contributed by atoms with van der Waals surface area (Å²) in [6.45, 7) is 4.46. The summed E-state index contributed by atoms with van der Waals surface area (Å²) < 4.78 is 0. The van der Waals surface area contributed by atoms with Crippen LogP contribution in [-0.4, -0.2) is 0 Å². The fourth-order valence-corrected chi connectivity index (χ4v) is 18.5. The van der Waals surface area contributed by atoms with Gasteiger partial charge in [0.25, 0.3) is 0 Å². The van der Waals surface area contributed by atoms with Crippen LogP contribution in [0.25, 0.3) is 88.0 Å². The highest BCUT2D eigenvalue weighted by molar-refractivity contribution is 6.04. The number of benzene rings is 17. The summed E-state index contributed by atoms with van der Waals surface area (Å²) >= 11 is 0. The van der Waals surface area contributed by atoms with Gasteiger partial charge in [-0.3, -0.25) is 0 Å². The molecule has 3 heteroatoms. The molecule has 0 aliphatic heterocycles. The fraction of sp³-hybridized carbons (Fsp3) is 0.0400. The van der Waals surface area contributed by atoms with Crippen molar-refractivity contribution >= 4 is 83.5 Å². The first-order chi connectivity index (χ1) is 50.9. The molecule has 4 aliphatic carbocycles. The highest BCUT2D eigenvalue weighted by atomic mass is 15.2. The lowest BCUT2D eigenvalue weighted by Crippen LogP contribution is -2.26. The van der Waals surface area contributed by atoms with Crippen LogP contribution in [0.15, 0.2) is 370 Å². The van der Waals surface area contributed by atoms with E-state index in [1.807, 2.05) is 0 Å². The highest BCUT2D eigenvalue weighted by Crippen LogP contribution is 2.66. The smallest absolute Gasteiger partial charge is 0.0727 e. The number of hydrogen-bond acceptors (Lipinski definition) is 3. The molecular formula is C100H67N3. The Hall–Kier alpha value is -13.1. The summed E-state index contributed by atoms with van der Waals surface area (Å²) in [6, 6.07) is 140. The summed E-state index contributed by atoms with van der Waals surface area (Å²) in [6.07, 6.45) is 0. The quantitative estimate of drug-likeness (QED) is 0.135. The molecule has 0 saturated heterocycles. The average Bonchev–Trinajstić information content (AvgIpc) is 1.51. The van der Waals surface area contributed by atoms with E-state index in [4.69, 9.17) is 0 Å². The number of anilines is 9. The van der Waals surface area contributed by atoms with Gasteiger partial charge in [0.15, 0.2) is 0 Å². The zero-order valence-corrected chi connectivity index (χ0v) is 57.1. The molecule has 4 aliphatic rings. The number of hydrogen-bond donors (Lipinski definition) is 0. The van der Waals surface area contributed by atoms with Crippen LogP contribution < -0.4 is 14.7 Å². The zero-order valence-electron chi connectivity index (χ0n) is 57.1. The molecule has 0 heterocycles. The van der Waals surface area contributed by atoms with Gasteiger partial charge in [0.1, 0.15) is 0 Å². The third-order valence-electron chi connectivity index (χ3n) is 22.9. The van der Waals surface area contributed by atoms with E-state index in [1.54, 1.807) is 0 Å². The second kappa shape index (κ2) is 22.7. The lowest BCUT2D eigenvalue weighted by Gasteiger charge is -2.33. The number of para-hydroxylation sites is 2. The van der Waals surface area contributed by atoms with E-state index in [0.29, 0.717) is 0 Å². The average molecular weight is 1310 g/mol. The third kappa shape index (κ3) is 8.70. The lowest BCUT2D eigenvalue weighted by molar-refractivity contribution is 0.792. The molecule has 482 valence electrons. The van der Waals surface area contributed by atoms with E-state index in [0.717, 1.165) is 62.1 Å². The van der Waals surface area contributed by atoms with Crippen LogP contribution in [0.1, 0.15) is 55.6 Å². The molecule has 0 fully saturated rings. The van der Waals surface area contributed by atoms with E-state index in [9.17, 15) is 0 Å². The normalized spacial score (nSPS) is 15.2. The molecule has 17 aromatic carbocycles. The van der Waals surface area contributed by atoms with Crippen molar-refractivity contribution < 1.29 is 0 Å². The van der Waals surface area contributed by atoms with Gasteiger partial charge in [0.05, 0.1) is 10.8 Å². The van der Waals surface area contributed by atoms with Crippen LogP contribution in [-0.2, 0) is 10.8 Å². The van der Waals surface area contributed by atoms with Crippen LogP contribution in [0.5, 0.6) is 0 Å². The standard InChI is InChI=1S/C100H67N3/c1-64-40-54-94-90(55-64)85-34-15-18-38-93(85)99(94)91-36-16-13-33-84(91)87-51-48-80(63-96(87)99)103(76-44-42-67-22-10-12-24-69(67)58-76)74-31-19-25-70(59-74)81-35-20-26-71-60-77(45-50-82(71)81)102(73-29-7-4-8-30-73)79-47-53-89-88-52-46-78(101(72-27-5-3-6-28-72)75-43-41-66-21-9-11-23-68(66)57-75)61-97(88)100(98(89)62-79)92-37-17-14-32-83(92)86-49-39-65(2)56-95(86)100/h3-63H,1-2H3. The molecule has 0 radical (unpaired) electrons. The van der Waals surface area contributed by atoms with Crippen LogP contribution in [0.2, 0.25) is 0 Å². The molecule has 21 rings (SSSR count). The summed E-state index contributed by atoms with van der Waals surface area (Å²) in [5, 5.41) is 7.17. The van der Waals surface area contributed by atoms with Gasteiger partial charge < -0.3 is 14.7 Å². The largest absolute Gasteiger partial charge is 0.310 e. The predicted octanol–water partition coefficient (Wildman–Crippen LogP) is 26.5. The maximum Gasteiger partial charge on any atom is 0.0727 e.